The number of nitrogens with zero attached hydrogens (tertiary/aromatic N) is 2. The first-order chi connectivity index (χ1) is 11.1. The number of unbranched alkanes of at least 4 members (excludes halogenated alkanes) is 2. The average molecular weight is 371 g/mol. The highest BCUT2D eigenvalue weighted by Gasteiger charge is 2.26. The number of halogens is 2. The average Bonchev–Trinajstić information content (AvgIpc) is 3.08. The van der Waals surface area contributed by atoms with Gasteiger partial charge in [-0.3, -0.25) is 4.79 Å². The third-order valence-corrected chi connectivity index (χ3v) is 5.63. The minimum absolute atomic E-state index is 0.171. The maximum Gasteiger partial charge on any atom is 0.189 e. The Morgan fingerprint density at radius 1 is 1.30 bits per heavy atom. The van der Waals surface area contributed by atoms with Crippen molar-refractivity contribution in [3.8, 4) is 0 Å². The standard InChI is InChI=1S/C17H20Cl2N2OS/c1-2-3-4-5-15(22)23-16(13-6-8-14(18)9-7-13)17(19)21-11-10-20-12-21/h6-12,16-17H,2-5H2,1H3. The van der Waals surface area contributed by atoms with E-state index >= 15 is 0 Å². The van der Waals surface area contributed by atoms with Crippen molar-refractivity contribution in [2.75, 3.05) is 0 Å². The number of carbonyl (C=O) groups is 1. The molecule has 0 bridgehead atoms. The largest absolute Gasteiger partial charge is 0.319 e. The molecule has 0 saturated heterocycles. The van der Waals surface area contributed by atoms with Gasteiger partial charge in [-0.2, -0.15) is 0 Å². The molecular weight excluding hydrogens is 351 g/mol. The first-order valence-electron chi connectivity index (χ1n) is 7.68. The molecule has 0 saturated carbocycles. The summed E-state index contributed by atoms with van der Waals surface area (Å²) in [4.78, 5) is 16.3. The van der Waals surface area contributed by atoms with Crippen LogP contribution >= 0.6 is 35.0 Å². The van der Waals surface area contributed by atoms with Crippen LogP contribution in [-0.2, 0) is 4.79 Å². The van der Waals surface area contributed by atoms with Gasteiger partial charge in [0.05, 0.1) is 11.6 Å². The smallest absolute Gasteiger partial charge is 0.189 e. The normalized spacial score (nSPS) is 13.7. The van der Waals surface area contributed by atoms with Crippen LogP contribution in [0.5, 0.6) is 0 Å². The molecule has 0 spiro atoms. The molecule has 2 atom stereocenters. The van der Waals surface area contributed by atoms with Gasteiger partial charge in [0.25, 0.3) is 0 Å². The van der Waals surface area contributed by atoms with E-state index in [1.807, 2.05) is 35.0 Å². The van der Waals surface area contributed by atoms with E-state index < -0.39 is 0 Å². The number of hydrogen-bond acceptors (Lipinski definition) is 3. The van der Waals surface area contributed by atoms with Crippen molar-refractivity contribution >= 4 is 40.1 Å². The number of rotatable bonds is 8. The Bertz CT molecular complexity index is 602. The molecule has 3 nitrogen and oxygen atoms in total. The predicted octanol–water partition coefficient (Wildman–Crippen LogP) is 5.86. The lowest BCUT2D eigenvalue weighted by atomic mass is 10.1. The van der Waals surface area contributed by atoms with E-state index in [9.17, 15) is 4.79 Å². The lowest BCUT2D eigenvalue weighted by Crippen LogP contribution is -2.11. The summed E-state index contributed by atoms with van der Waals surface area (Å²) in [5, 5.41) is 0.655. The van der Waals surface area contributed by atoms with Gasteiger partial charge in [-0.25, -0.2) is 4.98 Å². The van der Waals surface area contributed by atoms with Gasteiger partial charge in [0, 0.05) is 23.8 Å². The van der Waals surface area contributed by atoms with Gasteiger partial charge < -0.3 is 4.57 Å². The molecule has 0 fully saturated rings. The van der Waals surface area contributed by atoms with Crippen LogP contribution in [-0.4, -0.2) is 14.7 Å². The Morgan fingerprint density at radius 2 is 2.04 bits per heavy atom. The van der Waals surface area contributed by atoms with E-state index in [1.165, 1.54) is 11.8 Å². The van der Waals surface area contributed by atoms with Crippen molar-refractivity contribution in [3.05, 3.63) is 53.6 Å². The number of thioether (sulfide) groups is 1. The van der Waals surface area contributed by atoms with Crippen LogP contribution in [0, 0.1) is 0 Å². The van der Waals surface area contributed by atoms with Crippen LogP contribution < -0.4 is 0 Å². The second kappa shape index (κ2) is 9.36. The van der Waals surface area contributed by atoms with Gasteiger partial charge in [-0.05, 0) is 24.1 Å². The molecule has 0 aliphatic carbocycles. The molecular formula is C17H20Cl2N2OS. The summed E-state index contributed by atoms with van der Waals surface area (Å²) in [6.07, 6.45) is 8.84. The van der Waals surface area contributed by atoms with Crippen molar-refractivity contribution in [1.29, 1.82) is 0 Å². The third-order valence-electron chi connectivity index (χ3n) is 3.50. The Kier molecular flexibility index (Phi) is 7.47. The highest BCUT2D eigenvalue weighted by atomic mass is 35.5. The van der Waals surface area contributed by atoms with Crippen LogP contribution in [0.3, 0.4) is 0 Å². The number of carbonyl (C=O) groups excluding carboxylic acids is 1. The van der Waals surface area contributed by atoms with E-state index in [0.717, 1.165) is 24.8 Å². The van der Waals surface area contributed by atoms with Gasteiger partial charge in [0.2, 0.25) is 0 Å². The number of benzene rings is 1. The topological polar surface area (TPSA) is 34.9 Å². The van der Waals surface area contributed by atoms with Gasteiger partial charge in [-0.15, -0.1) is 0 Å². The highest BCUT2D eigenvalue weighted by Crippen LogP contribution is 2.42. The lowest BCUT2D eigenvalue weighted by Gasteiger charge is -2.22. The molecule has 0 aliphatic heterocycles. The number of alkyl halides is 1. The van der Waals surface area contributed by atoms with Crippen LogP contribution in [0.25, 0.3) is 0 Å². The molecule has 6 heteroatoms. The molecule has 1 aromatic heterocycles. The Balaban J connectivity index is 2.14. The Morgan fingerprint density at radius 3 is 2.65 bits per heavy atom. The summed E-state index contributed by atoms with van der Waals surface area (Å²) in [6.45, 7) is 2.13. The third kappa shape index (κ3) is 5.55. The quantitative estimate of drug-likeness (QED) is 0.431. The maximum atomic E-state index is 12.3. The molecule has 2 unspecified atom stereocenters. The zero-order valence-electron chi connectivity index (χ0n) is 13.0. The van der Waals surface area contributed by atoms with Gasteiger partial charge >= 0.3 is 0 Å². The minimum Gasteiger partial charge on any atom is -0.319 e. The maximum absolute atomic E-state index is 12.3. The highest BCUT2D eigenvalue weighted by molar-refractivity contribution is 8.13. The molecule has 0 aliphatic rings. The fraction of sp³-hybridized carbons (Fsp3) is 0.412. The number of aromatic nitrogens is 2. The monoisotopic (exact) mass is 370 g/mol. The summed E-state index contributed by atoms with van der Waals surface area (Å²) in [5.41, 5.74) is 0.593. The summed E-state index contributed by atoms with van der Waals surface area (Å²) in [7, 11) is 0. The number of imidazole rings is 1. The van der Waals surface area contributed by atoms with E-state index in [0.29, 0.717) is 11.4 Å². The van der Waals surface area contributed by atoms with Crippen molar-refractivity contribution in [1.82, 2.24) is 9.55 Å². The van der Waals surface area contributed by atoms with Crippen LogP contribution in [0.15, 0.2) is 43.0 Å². The van der Waals surface area contributed by atoms with Gasteiger partial charge in [0.1, 0.15) is 5.50 Å². The fourth-order valence-electron chi connectivity index (χ4n) is 2.23. The molecule has 124 valence electrons. The SMILES string of the molecule is CCCCCC(=O)SC(c1ccc(Cl)cc1)C(Cl)n1ccnc1. The van der Waals surface area contributed by atoms with Crippen molar-refractivity contribution in [3.63, 3.8) is 0 Å². The molecule has 23 heavy (non-hydrogen) atoms. The summed E-state index contributed by atoms with van der Waals surface area (Å²) in [6, 6.07) is 7.49. The second-order valence-corrected chi connectivity index (χ2v) is 7.38. The van der Waals surface area contributed by atoms with E-state index in [4.69, 9.17) is 23.2 Å². The lowest BCUT2D eigenvalue weighted by molar-refractivity contribution is -0.111. The van der Waals surface area contributed by atoms with Crippen molar-refractivity contribution < 1.29 is 4.79 Å². The Labute approximate surface area is 151 Å². The summed E-state index contributed by atoms with van der Waals surface area (Å²) in [5.74, 6) is 0. The molecule has 2 aromatic rings. The molecule has 0 N–H and O–H groups in total. The minimum atomic E-state index is -0.390. The zero-order valence-corrected chi connectivity index (χ0v) is 15.3. The molecule has 0 radical (unpaired) electrons. The number of hydrogen-bond donors (Lipinski definition) is 0. The molecule has 1 aromatic carbocycles. The zero-order chi connectivity index (χ0) is 16.7. The summed E-state index contributed by atoms with van der Waals surface area (Å²) >= 11 is 13.9. The van der Waals surface area contributed by atoms with Crippen LogP contribution in [0.4, 0.5) is 0 Å². The molecule has 2 rings (SSSR count). The molecule has 0 amide bonds. The van der Waals surface area contributed by atoms with E-state index in [1.54, 1.807) is 12.5 Å². The van der Waals surface area contributed by atoms with E-state index in [2.05, 4.69) is 11.9 Å². The van der Waals surface area contributed by atoms with Crippen LogP contribution in [0.2, 0.25) is 5.02 Å². The first kappa shape index (κ1) is 18.4. The first-order valence-corrected chi connectivity index (χ1v) is 9.37. The van der Waals surface area contributed by atoms with Crippen molar-refractivity contribution in [2.24, 2.45) is 0 Å². The predicted molar refractivity (Wildman–Crippen MR) is 98.1 cm³/mol. The van der Waals surface area contributed by atoms with E-state index in [-0.39, 0.29) is 15.9 Å². The fourth-order valence-corrected chi connectivity index (χ4v) is 3.86. The Hall–Kier alpha value is -0.970. The second-order valence-electron chi connectivity index (χ2n) is 5.30. The molecule has 1 heterocycles. The van der Waals surface area contributed by atoms with Gasteiger partial charge in [-0.1, -0.05) is 66.9 Å². The van der Waals surface area contributed by atoms with Crippen molar-refractivity contribution in [2.45, 2.75) is 43.4 Å². The summed E-state index contributed by atoms with van der Waals surface area (Å²) < 4.78 is 1.81. The van der Waals surface area contributed by atoms with Crippen LogP contribution in [0.1, 0.15) is 48.9 Å². The van der Waals surface area contributed by atoms with Gasteiger partial charge in [0.15, 0.2) is 5.12 Å².